The van der Waals surface area contributed by atoms with Gasteiger partial charge in [-0.05, 0) is 43.2 Å². The largest absolute Gasteiger partial charge is 0.416 e. The van der Waals surface area contributed by atoms with Gasteiger partial charge in [-0.2, -0.15) is 18.3 Å². The molecule has 2 aromatic heterocycles. The Balaban J connectivity index is 1.21. The van der Waals surface area contributed by atoms with E-state index < -0.39 is 24.7 Å². The van der Waals surface area contributed by atoms with Crippen molar-refractivity contribution in [1.82, 2.24) is 20.1 Å². The third kappa shape index (κ3) is 5.15. The van der Waals surface area contributed by atoms with Crippen LogP contribution in [0.1, 0.15) is 24.8 Å². The zero-order valence-electron chi connectivity index (χ0n) is 18.6. The maximum absolute atomic E-state index is 13.1. The zero-order chi connectivity index (χ0) is 24.7. The maximum atomic E-state index is 13.1. The van der Waals surface area contributed by atoms with Crippen LogP contribution in [0.4, 0.5) is 39.3 Å². The molecule has 2 N–H and O–H groups in total. The number of aromatic nitrogens is 3. The Bertz CT molecular complexity index is 1120. The second-order valence-electron chi connectivity index (χ2n) is 9.14. The first kappa shape index (κ1) is 24.0. The summed E-state index contributed by atoms with van der Waals surface area (Å²) in [7, 11) is 0. The molecule has 3 aliphatic rings. The van der Waals surface area contributed by atoms with Crippen LogP contribution in [0.5, 0.6) is 0 Å². The first-order valence-electron chi connectivity index (χ1n) is 11.4. The molecule has 0 bridgehead atoms. The Morgan fingerprint density at radius 1 is 1.20 bits per heavy atom. The van der Waals surface area contributed by atoms with Gasteiger partial charge in [0.25, 0.3) is 6.43 Å². The highest BCUT2D eigenvalue weighted by atomic mass is 32.1. The number of fused-ring (bicyclic) bond motifs is 2. The number of pyridine rings is 1. The van der Waals surface area contributed by atoms with Crippen molar-refractivity contribution in [2.75, 3.05) is 23.3 Å². The minimum absolute atomic E-state index is 0.0762. The van der Waals surface area contributed by atoms with Gasteiger partial charge in [-0.1, -0.05) is 12.2 Å². The van der Waals surface area contributed by atoms with Crippen molar-refractivity contribution in [2.45, 2.75) is 50.6 Å². The van der Waals surface area contributed by atoms with E-state index in [2.05, 4.69) is 25.7 Å². The van der Waals surface area contributed by atoms with Crippen LogP contribution in [-0.2, 0) is 12.7 Å². The predicted octanol–water partition coefficient (Wildman–Crippen LogP) is 4.28. The van der Waals surface area contributed by atoms with E-state index in [0.29, 0.717) is 42.8 Å². The van der Waals surface area contributed by atoms with Crippen LogP contribution in [0.15, 0.2) is 29.5 Å². The topological polar surface area (TPSA) is 70.4 Å². The summed E-state index contributed by atoms with van der Waals surface area (Å²) in [4.78, 5) is 11.3. The van der Waals surface area contributed by atoms with Gasteiger partial charge in [0.05, 0.1) is 11.8 Å². The number of aliphatic imine (C=N–C) groups is 1. The molecule has 5 rings (SSSR count). The average molecular weight is 514 g/mol. The molecule has 1 unspecified atom stereocenters. The number of anilines is 2. The molecule has 1 aliphatic carbocycles. The van der Waals surface area contributed by atoms with Crippen molar-refractivity contribution in [3.8, 4) is 0 Å². The Labute approximate surface area is 203 Å². The number of nitrogens with zero attached hydrogens (tertiary/aromatic N) is 5. The summed E-state index contributed by atoms with van der Waals surface area (Å²) in [6.07, 6.45) is -0.711. The van der Waals surface area contributed by atoms with Crippen molar-refractivity contribution < 1.29 is 22.0 Å². The van der Waals surface area contributed by atoms with Crippen LogP contribution in [0, 0.1) is 11.8 Å². The normalized spacial score (nSPS) is 26.5. The molecule has 2 aromatic rings. The van der Waals surface area contributed by atoms with Crippen molar-refractivity contribution in [1.29, 1.82) is 0 Å². The molecule has 13 heteroatoms. The number of alkyl halides is 5. The molecule has 35 heavy (non-hydrogen) atoms. The van der Waals surface area contributed by atoms with Crippen molar-refractivity contribution in [3.63, 3.8) is 0 Å². The molecule has 2 fully saturated rings. The summed E-state index contributed by atoms with van der Waals surface area (Å²) in [5.74, 6) is 1.30. The van der Waals surface area contributed by atoms with E-state index in [4.69, 9.17) is 12.2 Å². The van der Waals surface area contributed by atoms with Gasteiger partial charge in [0.1, 0.15) is 24.2 Å². The Kier molecular flexibility index (Phi) is 6.47. The van der Waals surface area contributed by atoms with Gasteiger partial charge in [-0.15, -0.1) is 0 Å². The minimum atomic E-state index is -4.41. The monoisotopic (exact) mass is 513 g/mol. The lowest BCUT2D eigenvalue weighted by molar-refractivity contribution is -0.137. The van der Waals surface area contributed by atoms with E-state index in [-0.39, 0.29) is 18.1 Å². The molecular formula is C22H24F5N7S. The maximum Gasteiger partial charge on any atom is 0.416 e. The van der Waals surface area contributed by atoms with E-state index in [1.807, 2.05) is 4.90 Å². The highest BCUT2D eigenvalue weighted by Crippen LogP contribution is 2.38. The fourth-order valence-electron chi connectivity index (χ4n) is 5.10. The number of nitrogens with one attached hydrogen (secondary N) is 2. The molecule has 4 atom stereocenters. The minimum Gasteiger partial charge on any atom is -0.356 e. The lowest BCUT2D eigenvalue weighted by atomic mass is 9.92. The molecule has 1 saturated carbocycles. The molecule has 4 heterocycles. The first-order valence-corrected chi connectivity index (χ1v) is 11.8. The number of thiocarbonyl (C=S) groups is 1. The molecule has 188 valence electrons. The molecule has 0 amide bonds. The number of hydrogen-bond donors (Lipinski definition) is 2. The predicted molar refractivity (Wildman–Crippen MR) is 126 cm³/mol. The summed E-state index contributed by atoms with van der Waals surface area (Å²) in [6, 6.07) is 2.01. The molecule has 0 radical (unpaired) electrons. The van der Waals surface area contributed by atoms with Crippen LogP contribution in [0.2, 0.25) is 0 Å². The number of halogens is 5. The fourth-order valence-corrected chi connectivity index (χ4v) is 5.50. The van der Waals surface area contributed by atoms with Crippen LogP contribution < -0.4 is 15.5 Å². The molecular weight excluding hydrogens is 489 g/mol. The van der Waals surface area contributed by atoms with E-state index >= 15 is 0 Å². The van der Waals surface area contributed by atoms with Crippen molar-refractivity contribution in [3.05, 3.63) is 30.1 Å². The highest BCUT2D eigenvalue weighted by Gasteiger charge is 2.39. The number of hydrogen-bond acceptors (Lipinski definition) is 7. The number of rotatable bonds is 5. The lowest BCUT2D eigenvalue weighted by Crippen LogP contribution is -2.48. The van der Waals surface area contributed by atoms with Gasteiger partial charge in [0, 0.05) is 36.4 Å². The summed E-state index contributed by atoms with van der Waals surface area (Å²) in [5, 5.41) is 10.6. The highest BCUT2D eigenvalue weighted by molar-refractivity contribution is 7.80. The van der Waals surface area contributed by atoms with E-state index in [0.717, 1.165) is 29.8 Å². The van der Waals surface area contributed by atoms with Crippen LogP contribution in [0.3, 0.4) is 0 Å². The van der Waals surface area contributed by atoms with E-state index in [1.54, 1.807) is 6.21 Å². The van der Waals surface area contributed by atoms with Crippen LogP contribution in [0.25, 0.3) is 0 Å². The van der Waals surface area contributed by atoms with Crippen LogP contribution in [-0.4, -0.2) is 57.6 Å². The Morgan fingerprint density at radius 2 is 2.00 bits per heavy atom. The summed E-state index contributed by atoms with van der Waals surface area (Å²) in [5.41, 5.74) is -0.195. The Hall–Kier alpha value is -2.67. The molecule has 2 aliphatic heterocycles. The lowest BCUT2D eigenvalue weighted by Gasteiger charge is -2.27. The summed E-state index contributed by atoms with van der Waals surface area (Å²) in [6.45, 7) is 0.714. The van der Waals surface area contributed by atoms with Gasteiger partial charge in [0.15, 0.2) is 5.82 Å². The van der Waals surface area contributed by atoms with Gasteiger partial charge >= 0.3 is 6.18 Å². The zero-order valence-corrected chi connectivity index (χ0v) is 19.4. The molecule has 0 spiro atoms. The summed E-state index contributed by atoms with van der Waals surface area (Å²) >= 11 is 5.74. The standard InChI is InChI=1S/C22H24F5N7S/c23-18(24)11-34-21-16(7-30-34)29-8-19(32-21)31-15-2-1-12-9-33(10-13(12)5-17(15)35)20-6-14(3-4-28-20)22(25,26)27/h3-4,6-8,12-13,15,18-19,31-32H,1-2,5,9-11H2/t12-,13+,15+,19?/m1/s1. The van der Waals surface area contributed by atoms with Gasteiger partial charge < -0.3 is 10.2 Å². The van der Waals surface area contributed by atoms with Gasteiger partial charge in [0.2, 0.25) is 0 Å². The summed E-state index contributed by atoms with van der Waals surface area (Å²) < 4.78 is 66.2. The van der Waals surface area contributed by atoms with Gasteiger partial charge in [-0.3, -0.25) is 10.3 Å². The average Bonchev–Trinajstić information content (AvgIpc) is 3.36. The van der Waals surface area contributed by atoms with Crippen LogP contribution >= 0.6 is 12.2 Å². The van der Waals surface area contributed by atoms with Crippen molar-refractivity contribution in [2.24, 2.45) is 16.8 Å². The fraction of sp³-hybridized carbons (Fsp3) is 0.545. The van der Waals surface area contributed by atoms with E-state index in [1.165, 1.54) is 17.1 Å². The molecule has 0 aromatic carbocycles. The third-order valence-corrected chi connectivity index (χ3v) is 7.27. The smallest absolute Gasteiger partial charge is 0.356 e. The third-order valence-electron chi connectivity index (χ3n) is 6.82. The van der Waals surface area contributed by atoms with E-state index in [9.17, 15) is 22.0 Å². The quantitative estimate of drug-likeness (QED) is 0.460. The van der Waals surface area contributed by atoms with Crippen molar-refractivity contribution >= 4 is 40.6 Å². The second-order valence-corrected chi connectivity index (χ2v) is 9.67. The molecule has 1 saturated heterocycles. The van der Waals surface area contributed by atoms with Gasteiger partial charge in [-0.25, -0.2) is 18.4 Å². The second kappa shape index (κ2) is 9.41. The first-order chi connectivity index (χ1) is 16.7. The Morgan fingerprint density at radius 3 is 2.77 bits per heavy atom. The SMILES string of the molecule is FC(F)Cn1ncc2c1NC(N[C@H]1CC[C@@H]3CN(c4cc(C(F)(F)F)ccn4)C[C@@H]3CC1=S)C=N2. The molecule has 7 nitrogen and oxygen atoms in total.